The van der Waals surface area contributed by atoms with E-state index in [1.165, 1.54) is 13.2 Å². The molecule has 2 heterocycles. The number of methoxy groups -OCH3 is 2. The molecule has 4 atom stereocenters. The average Bonchev–Trinajstić information content (AvgIpc) is 3.59. The van der Waals surface area contributed by atoms with Crippen LogP contribution in [0.1, 0.15) is 47.9 Å². The number of fused-ring (bicyclic) bond motifs is 2. The fraction of sp³-hybridized carbons (Fsp3) is 0.379. The summed E-state index contributed by atoms with van der Waals surface area (Å²) in [4.78, 5) is 52.6. The van der Waals surface area contributed by atoms with Gasteiger partial charge in [-0.15, -0.1) is 0 Å². The Morgan fingerprint density at radius 2 is 1.72 bits per heavy atom. The summed E-state index contributed by atoms with van der Waals surface area (Å²) in [5.41, 5.74) is -0.365. The Morgan fingerprint density at radius 1 is 0.974 bits per heavy atom. The van der Waals surface area contributed by atoms with Gasteiger partial charge in [0.15, 0.2) is 11.5 Å². The van der Waals surface area contributed by atoms with Crippen molar-refractivity contribution in [1.29, 1.82) is 0 Å². The summed E-state index contributed by atoms with van der Waals surface area (Å²) in [5, 5.41) is 0. The van der Waals surface area contributed by atoms with Crippen molar-refractivity contribution in [1.82, 2.24) is 0 Å². The smallest absolute Gasteiger partial charge is 0.375 e. The number of ether oxygens (including phenoxy) is 6. The van der Waals surface area contributed by atoms with Crippen molar-refractivity contribution in [3.8, 4) is 17.2 Å². The third kappa shape index (κ3) is 4.20. The van der Waals surface area contributed by atoms with E-state index < -0.39 is 35.2 Å². The maximum Gasteiger partial charge on any atom is 0.375 e. The zero-order chi connectivity index (χ0) is 27.9. The number of hydrogen-bond acceptors (Lipinski definition) is 10. The third-order valence-electron chi connectivity index (χ3n) is 7.78. The lowest BCUT2D eigenvalue weighted by Gasteiger charge is -2.39. The van der Waals surface area contributed by atoms with Crippen molar-refractivity contribution >= 4 is 23.7 Å². The fourth-order valence-electron chi connectivity index (χ4n) is 5.53. The number of carbonyl (C=O) groups is 4. The van der Waals surface area contributed by atoms with E-state index in [4.69, 9.17) is 28.4 Å². The third-order valence-corrected chi connectivity index (χ3v) is 7.78. The van der Waals surface area contributed by atoms with Gasteiger partial charge in [0, 0.05) is 23.1 Å². The van der Waals surface area contributed by atoms with E-state index in [-0.39, 0.29) is 48.7 Å². The lowest BCUT2D eigenvalue weighted by molar-refractivity contribution is -0.154. The Bertz CT molecular complexity index is 1380. The molecule has 2 aliphatic heterocycles. The van der Waals surface area contributed by atoms with Gasteiger partial charge in [-0.1, -0.05) is 32.0 Å². The van der Waals surface area contributed by atoms with Crippen LogP contribution < -0.4 is 14.2 Å². The second kappa shape index (κ2) is 10.1. The van der Waals surface area contributed by atoms with Gasteiger partial charge in [-0.2, -0.15) is 0 Å². The summed E-state index contributed by atoms with van der Waals surface area (Å²) >= 11 is 0. The lowest BCUT2D eigenvalue weighted by atomic mass is 9.63. The molecular formula is C29H28O10. The fourth-order valence-corrected chi connectivity index (χ4v) is 5.53. The monoisotopic (exact) mass is 536 g/mol. The highest BCUT2D eigenvalue weighted by Gasteiger charge is 2.58. The van der Waals surface area contributed by atoms with Gasteiger partial charge in [0.2, 0.25) is 12.5 Å². The van der Waals surface area contributed by atoms with Crippen molar-refractivity contribution in [2.75, 3.05) is 27.6 Å². The van der Waals surface area contributed by atoms with E-state index in [0.29, 0.717) is 22.4 Å². The summed E-state index contributed by atoms with van der Waals surface area (Å²) in [5.74, 6) is -2.99. The van der Waals surface area contributed by atoms with E-state index >= 15 is 0 Å². The number of benzene rings is 2. The van der Waals surface area contributed by atoms with E-state index in [1.807, 2.05) is 13.8 Å². The van der Waals surface area contributed by atoms with E-state index in [9.17, 15) is 19.2 Å². The molecule has 0 saturated carbocycles. The molecule has 3 aliphatic rings. The van der Waals surface area contributed by atoms with Crippen molar-refractivity contribution in [3.05, 3.63) is 64.7 Å². The molecule has 0 aromatic heterocycles. The summed E-state index contributed by atoms with van der Waals surface area (Å²) < 4.78 is 33.3. The van der Waals surface area contributed by atoms with E-state index in [1.54, 1.807) is 36.4 Å². The van der Waals surface area contributed by atoms with Crippen LogP contribution in [0.3, 0.4) is 0 Å². The minimum absolute atomic E-state index is 0.0855. The van der Waals surface area contributed by atoms with Crippen LogP contribution in [0.4, 0.5) is 0 Å². The lowest BCUT2D eigenvalue weighted by Crippen LogP contribution is -2.47. The molecule has 1 aliphatic carbocycles. The highest BCUT2D eigenvalue weighted by Crippen LogP contribution is 2.59. The summed E-state index contributed by atoms with van der Waals surface area (Å²) in [6.45, 7) is 3.46. The Labute approximate surface area is 224 Å². The SMILES string of the molecule is COC(=O)C=C1C[C@H](C)[C@@H](C)[C@H](OC(=O)c2ccccc2)c2cc3c(c4c2[C@@]1(C(=O)C(=O)OC)CO4)OCO3. The molecule has 10 heteroatoms. The van der Waals surface area contributed by atoms with Crippen LogP contribution in [0, 0.1) is 11.8 Å². The maximum absolute atomic E-state index is 13.9. The molecule has 0 saturated heterocycles. The molecule has 39 heavy (non-hydrogen) atoms. The van der Waals surface area contributed by atoms with Gasteiger partial charge in [-0.3, -0.25) is 4.79 Å². The van der Waals surface area contributed by atoms with Crippen LogP contribution in [0.25, 0.3) is 0 Å². The van der Waals surface area contributed by atoms with Crippen LogP contribution in [-0.2, 0) is 34.0 Å². The van der Waals surface area contributed by atoms with Crippen molar-refractivity contribution in [2.24, 2.45) is 11.8 Å². The number of rotatable bonds is 5. The minimum Gasteiger partial charge on any atom is -0.487 e. The highest BCUT2D eigenvalue weighted by atomic mass is 16.7. The van der Waals surface area contributed by atoms with Crippen molar-refractivity contribution in [3.63, 3.8) is 0 Å². The first-order chi connectivity index (χ1) is 18.7. The molecule has 5 rings (SSSR count). The van der Waals surface area contributed by atoms with Gasteiger partial charge in [0.1, 0.15) is 18.1 Å². The van der Waals surface area contributed by atoms with Crippen LogP contribution in [0.15, 0.2) is 48.0 Å². The number of Topliss-reactive ketones (excluding diaryl/α,β-unsaturated/α-hetero) is 1. The molecule has 0 fully saturated rings. The number of ketones is 1. The molecule has 2 aromatic carbocycles. The van der Waals surface area contributed by atoms with E-state index in [0.717, 1.165) is 7.11 Å². The van der Waals surface area contributed by atoms with E-state index in [2.05, 4.69) is 0 Å². The first-order valence-electron chi connectivity index (χ1n) is 12.5. The highest BCUT2D eigenvalue weighted by molar-refractivity contribution is 6.38. The zero-order valence-electron chi connectivity index (χ0n) is 22.0. The minimum atomic E-state index is -1.75. The Balaban J connectivity index is 1.79. The molecule has 204 valence electrons. The second-order valence-corrected chi connectivity index (χ2v) is 9.84. The van der Waals surface area contributed by atoms with Crippen LogP contribution in [-0.4, -0.2) is 51.3 Å². The van der Waals surface area contributed by atoms with Crippen molar-refractivity contribution in [2.45, 2.75) is 31.8 Å². The molecule has 10 nitrogen and oxygen atoms in total. The standard InChI is InChI=1S/C29H28O10/c1-15-10-18(11-21(30)34-3)29(26(31)28(33)35-4)13-36-25-22(29)19(12-20-24(25)38-14-37-20)23(16(15)2)39-27(32)17-8-6-5-7-9-17/h5-9,11-12,15-16,23H,10,13-14H2,1-4H3/t15-,16+,23-,29+/m0/s1. The molecule has 0 unspecified atom stereocenters. The van der Waals surface area contributed by atoms with Crippen LogP contribution in [0.2, 0.25) is 0 Å². The summed E-state index contributed by atoms with van der Waals surface area (Å²) in [7, 11) is 2.33. The number of carbonyl (C=O) groups excluding carboxylic acids is 4. The normalized spacial score (nSPS) is 25.5. The zero-order valence-corrected chi connectivity index (χ0v) is 22.0. The summed E-state index contributed by atoms with van der Waals surface area (Å²) in [6, 6.07) is 10.2. The largest absolute Gasteiger partial charge is 0.487 e. The van der Waals surface area contributed by atoms with Gasteiger partial charge in [0.05, 0.1) is 19.8 Å². The van der Waals surface area contributed by atoms with Gasteiger partial charge in [-0.25, -0.2) is 14.4 Å². The predicted octanol–water partition coefficient (Wildman–Crippen LogP) is 3.46. The Hall–Kier alpha value is -4.34. The first kappa shape index (κ1) is 26.3. The Morgan fingerprint density at radius 3 is 2.41 bits per heavy atom. The van der Waals surface area contributed by atoms with Gasteiger partial charge in [-0.05, 0) is 36.1 Å². The quantitative estimate of drug-likeness (QED) is 0.243. The Kier molecular flexibility index (Phi) is 6.80. The topological polar surface area (TPSA) is 124 Å². The molecule has 0 radical (unpaired) electrons. The number of hydrogen-bond donors (Lipinski definition) is 0. The summed E-state index contributed by atoms with van der Waals surface area (Å²) in [6.07, 6.45) is 0.574. The van der Waals surface area contributed by atoms with Crippen LogP contribution in [0.5, 0.6) is 17.2 Å². The molecule has 0 amide bonds. The number of esters is 3. The molecule has 0 N–H and O–H groups in total. The van der Waals surface area contributed by atoms with Gasteiger partial charge >= 0.3 is 17.9 Å². The molecular weight excluding hydrogens is 508 g/mol. The van der Waals surface area contributed by atoms with Gasteiger partial charge in [0.25, 0.3) is 5.78 Å². The predicted molar refractivity (Wildman–Crippen MR) is 134 cm³/mol. The van der Waals surface area contributed by atoms with Crippen molar-refractivity contribution < 1.29 is 47.6 Å². The average molecular weight is 537 g/mol. The maximum atomic E-state index is 13.9. The second-order valence-electron chi connectivity index (χ2n) is 9.84. The molecule has 2 aromatic rings. The molecule has 0 spiro atoms. The molecule has 0 bridgehead atoms. The van der Waals surface area contributed by atoms with Crippen LogP contribution >= 0.6 is 0 Å². The first-order valence-corrected chi connectivity index (χ1v) is 12.5. The van der Waals surface area contributed by atoms with Gasteiger partial charge < -0.3 is 28.4 Å².